The van der Waals surface area contributed by atoms with Crippen LogP contribution in [0.1, 0.15) is 59.3 Å². The normalized spacial score (nSPS) is 16.1. The number of halogens is 21. The standard InChI is InChI=1S/C33H25F8N5O4.C33H28F5N5O5.C29H23F8N5O4/c1-49-31(48)24(44-30(47)26-22(34)12-19(13-23(26)35)45-10-11-50-16-25(45)32(36,37)38)14-18-6-7-21(29-42-8-9-46(18)29)28-27(33(39,40)41)20-5-3-2-4-17(20)15-43-28;1-41-26-6-4-3-5-18(26)13-22(31(41)45)21-8-7-19(43-10-9-39-29(21)43)16-25(32(46)47-2)40-30(44)28-23(34)14-20(15-24(28)35)42-11-12-48-17-27(42)33(36,37)38;1-45-27(44)21(13-15-4-5-17(25-39-7-8-42(15)25)24-18(28(32,33)34)3-2-6-38-24)40-26(43)23-19(30)11-16(12-20(23)31)41-9-10-46-14-22(41)29(35,36)37/h2-9,12-13,15,24-25H,10-11,14,16H2,1H3,(H,44,47);3-10,13-15,25,27H,11-12,16-17H2,1-2H3,(H,40,44);2-8,11-12,21-22H,9-10,13-14H2,1H3,(H,40,43)/t24-,25+;25-,27+;21-,22+/m000/s1. The summed E-state index contributed by atoms with van der Waals surface area (Å²) in [5, 5.41) is 7.68. The predicted molar refractivity (Wildman–Crippen MR) is 472 cm³/mol. The molecule has 3 N–H and O–H groups in total. The van der Waals surface area contributed by atoms with Crippen LogP contribution in [0.3, 0.4) is 0 Å². The molecule has 3 fully saturated rings. The maximum Gasteiger partial charge on any atom is 0.419 e. The summed E-state index contributed by atoms with van der Waals surface area (Å²) < 4.78 is 332. The monoisotopic (exact) mass is 2030 g/mol. The van der Waals surface area contributed by atoms with Crippen molar-refractivity contribution >= 4 is 91.3 Å². The van der Waals surface area contributed by atoms with Crippen molar-refractivity contribution in [2.45, 2.75) is 86.4 Å². The van der Waals surface area contributed by atoms with Gasteiger partial charge in [-0.2, -0.15) is 65.9 Å². The molecule has 3 saturated heterocycles. The molecule has 0 aliphatic carbocycles. The van der Waals surface area contributed by atoms with Crippen LogP contribution in [-0.2, 0) is 81.5 Å². The molecule has 17 rings (SSSR count). The Morgan fingerprint density at radius 3 is 1.12 bits per heavy atom. The number of alkyl halides is 15. The molecular weight excluding hydrogens is 1960 g/mol. The van der Waals surface area contributed by atoms with Crippen LogP contribution < -0.4 is 36.2 Å². The molecule has 0 saturated carbocycles. The Kier molecular flexibility index (Phi) is 29.8. The van der Waals surface area contributed by atoms with E-state index in [0.717, 1.165) is 59.1 Å². The summed E-state index contributed by atoms with van der Waals surface area (Å²) in [4.78, 5) is 114. The van der Waals surface area contributed by atoms with Crippen molar-refractivity contribution in [2.24, 2.45) is 7.05 Å². The minimum Gasteiger partial charge on any atom is -0.467 e. The highest BCUT2D eigenvalue weighted by Gasteiger charge is 2.50. The second-order valence-electron chi connectivity index (χ2n) is 32.6. The van der Waals surface area contributed by atoms with E-state index >= 15 is 26.3 Å². The highest BCUT2D eigenvalue weighted by atomic mass is 19.4. The highest BCUT2D eigenvalue weighted by molar-refractivity contribution is 6.00. The van der Waals surface area contributed by atoms with E-state index in [0.29, 0.717) is 58.9 Å². The molecule has 3 aliphatic heterocycles. The van der Waals surface area contributed by atoms with Crippen molar-refractivity contribution < 1.29 is 149 Å². The molecule has 5 aromatic carbocycles. The van der Waals surface area contributed by atoms with E-state index in [4.69, 9.17) is 28.4 Å². The van der Waals surface area contributed by atoms with Gasteiger partial charge in [0.15, 0.2) is 0 Å². The fraction of sp³-hybridized carbons (Fsp3) is 0.284. The molecule has 0 spiro atoms. The van der Waals surface area contributed by atoms with Gasteiger partial charge >= 0.3 is 48.8 Å². The van der Waals surface area contributed by atoms with E-state index in [1.807, 2.05) is 24.3 Å². The zero-order valence-electron chi connectivity index (χ0n) is 75.0. The van der Waals surface area contributed by atoms with Gasteiger partial charge in [-0.3, -0.25) is 29.1 Å². The smallest absolute Gasteiger partial charge is 0.419 e. The number of anilines is 3. The minimum atomic E-state index is -4.79. The highest BCUT2D eigenvalue weighted by Crippen LogP contribution is 2.45. The number of esters is 3. The fourth-order valence-electron chi connectivity index (χ4n) is 17.1. The average Bonchev–Trinajstić information content (AvgIpc) is 1.16. The number of hydrogen-bond donors (Lipinski definition) is 3. The number of carbonyl (C=O) groups excluding carboxylic acids is 6. The molecule has 0 bridgehead atoms. The maximum atomic E-state index is 15.2. The lowest BCUT2D eigenvalue weighted by Crippen LogP contribution is -2.53. The second kappa shape index (κ2) is 41.6. The summed E-state index contributed by atoms with van der Waals surface area (Å²) >= 11 is 0. The van der Waals surface area contributed by atoms with Gasteiger partial charge in [0.25, 0.3) is 23.3 Å². The van der Waals surface area contributed by atoms with Crippen molar-refractivity contribution in [1.82, 2.24) is 58.6 Å². The summed E-state index contributed by atoms with van der Waals surface area (Å²) in [5.74, 6) is -15.9. The number of morpholine rings is 3. The molecule has 14 aromatic rings. The number of aromatic nitrogens is 9. The number of imidazole rings is 3. The van der Waals surface area contributed by atoms with Gasteiger partial charge < -0.3 is 76.8 Å². The summed E-state index contributed by atoms with van der Waals surface area (Å²) in [6.07, 6.45) is -13.8. The van der Waals surface area contributed by atoms with Crippen LogP contribution in [0.2, 0.25) is 0 Å². The number of nitrogens with zero attached hydrogens (tertiary/aromatic N) is 12. The van der Waals surface area contributed by atoms with E-state index < -0.39 is 214 Å². The predicted octanol–water partition coefficient (Wildman–Crippen LogP) is 15.5. The minimum absolute atomic E-state index is 0.00717. The first-order chi connectivity index (χ1) is 68.3. The number of aryl methyl sites for hydroxylation is 1. The van der Waals surface area contributed by atoms with Gasteiger partial charge in [-0.05, 0) is 108 Å². The van der Waals surface area contributed by atoms with Crippen molar-refractivity contribution in [3.05, 3.63) is 279 Å². The Hall–Kier alpha value is -15.4. The lowest BCUT2D eigenvalue weighted by Gasteiger charge is -2.38. The van der Waals surface area contributed by atoms with Crippen LogP contribution in [0.15, 0.2) is 194 Å². The zero-order chi connectivity index (χ0) is 104. The number of benzene rings is 5. The second-order valence-corrected chi connectivity index (χ2v) is 32.6. The first-order valence-electron chi connectivity index (χ1n) is 43.1. The first kappa shape index (κ1) is 103. The van der Waals surface area contributed by atoms with Crippen molar-refractivity contribution in [3.8, 4) is 33.6 Å². The van der Waals surface area contributed by atoms with E-state index in [1.165, 1.54) is 99.2 Å². The van der Waals surface area contributed by atoms with E-state index in [1.54, 1.807) is 41.9 Å². The van der Waals surface area contributed by atoms with E-state index in [9.17, 15) is 99.4 Å². The first-order valence-corrected chi connectivity index (χ1v) is 43.1. The van der Waals surface area contributed by atoms with Crippen LogP contribution in [0.5, 0.6) is 0 Å². The largest absolute Gasteiger partial charge is 0.467 e. The molecule has 144 heavy (non-hydrogen) atoms. The molecule has 12 heterocycles. The molecular formula is C95H76F21N15O13. The Bertz CT molecular complexity index is 7260. The maximum absolute atomic E-state index is 15.2. The molecule has 0 unspecified atom stereocenters. The third-order valence-corrected chi connectivity index (χ3v) is 23.9. The molecule has 0 radical (unpaired) electrons. The van der Waals surface area contributed by atoms with Crippen molar-refractivity contribution in [3.63, 3.8) is 0 Å². The number of methoxy groups -OCH3 is 3. The number of fused-ring (bicyclic) bond motifs is 5. The lowest BCUT2D eigenvalue weighted by molar-refractivity contribution is -0.167. The van der Waals surface area contributed by atoms with Crippen LogP contribution >= 0.6 is 0 Å². The van der Waals surface area contributed by atoms with Gasteiger partial charge in [0, 0.05) is 152 Å². The van der Waals surface area contributed by atoms with E-state index in [-0.39, 0.29) is 109 Å². The van der Waals surface area contributed by atoms with Gasteiger partial charge in [-0.25, -0.2) is 55.7 Å². The Labute approximate surface area is 797 Å². The number of hydrogen-bond acceptors (Lipinski definition) is 21. The van der Waals surface area contributed by atoms with Crippen LogP contribution in [0.4, 0.5) is 109 Å². The molecule has 3 aliphatic rings. The van der Waals surface area contributed by atoms with Gasteiger partial charge in [0.2, 0.25) is 0 Å². The summed E-state index contributed by atoms with van der Waals surface area (Å²) in [5.41, 5.74) is -4.83. The molecule has 3 amide bonds. The van der Waals surface area contributed by atoms with Gasteiger partial charge in [0.1, 0.15) is 105 Å². The third kappa shape index (κ3) is 21.5. The van der Waals surface area contributed by atoms with Crippen molar-refractivity contribution in [2.75, 3.05) is 95.3 Å². The molecule has 6 atom stereocenters. The summed E-state index contributed by atoms with van der Waals surface area (Å²) in [6.45, 7) is -3.52. The van der Waals surface area contributed by atoms with Crippen LogP contribution in [-0.4, -0.2) is 214 Å². The van der Waals surface area contributed by atoms with Gasteiger partial charge in [-0.15, -0.1) is 0 Å². The van der Waals surface area contributed by atoms with Crippen molar-refractivity contribution in [1.29, 1.82) is 0 Å². The summed E-state index contributed by atoms with van der Waals surface area (Å²) in [7, 11) is 4.72. The van der Waals surface area contributed by atoms with E-state index in [2.05, 4.69) is 40.9 Å². The number of nitrogens with one attached hydrogen (secondary N) is 3. The molecule has 49 heteroatoms. The van der Waals surface area contributed by atoms with Crippen LogP contribution in [0, 0.1) is 34.9 Å². The molecule has 9 aromatic heterocycles. The topological polar surface area (TPSA) is 303 Å². The Balaban J connectivity index is 0.000000163. The van der Waals surface area contributed by atoms with Gasteiger partial charge in [0.05, 0.1) is 94.6 Å². The van der Waals surface area contributed by atoms with Gasteiger partial charge in [-0.1, -0.05) is 42.5 Å². The average molecular weight is 2030 g/mol. The number of amides is 3. The summed E-state index contributed by atoms with van der Waals surface area (Å²) in [6, 6.07) is 18.1. The Morgan fingerprint density at radius 1 is 0.403 bits per heavy atom. The number of ether oxygens (including phenoxy) is 6. The quantitative estimate of drug-likeness (QED) is 0.0342. The number of rotatable bonds is 21. The fourth-order valence-corrected chi connectivity index (χ4v) is 17.1. The molecule has 28 nitrogen and oxygen atoms in total. The Morgan fingerprint density at radius 2 is 0.757 bits per heavy atom. The van der Waals surface area contributed by atoms with Crippen LogP contribution in [0.25, 0.3) is 72.3 Å². The lowest BCUT2D eigenvalue weighted by atomic mass is 9.99. The molecule has 756 valence electrons. The zero-order valence-corrected chi connectivity index (χ0v) is 75.0. The SMILES string of the molecule is COC(=O)[C@H](Cc1ccc(-c2cc3ccccc3n(C)c2=O)c2nccn12)NC(=O)c1c(F)cc(N2CCOC[C@@H]2C(F)(F)F)cc1F.COC(=O)[C@H](Cc1ccc(-c2ncc3ccccc3c2C(F)(F)F)c2nccn12)NC(=O)c1c(F)cc(N2CCOC[C@@H]2C(F)(F)F)cc1F.COC(=O)[C@H](Cc1ccc(-c2ncccc2C(F)(F)F)c2nccn12)NC(=O)c1c(F)cc(N2CCOC[C@@H]2C(F)(F)F)cc1F. The third-order valence-electron chi connectivity index (χ3n) is 23.9. The number of carbonyl (C=O) groups is 6. The number of pyridine rings is 6. The number of para-hydroxylation sites is 1.